The third kappa shape index (κ3) is 4.85. The molecule has 1 fully saturated rings. The minimum atomic E-state index is -0.107. The molecular formula is C22H21N3O2. The van der Waals surface area contributed by atoms with Crippen LogP contribution in [0.1, 0.15) is 28.9 Å². The molecule has 1 aliphatic rings. The van der Waals surface area contributed by atoms with E-state index in [2.05, 4.69) is 15.6 Å². The average molecular weight is 359 g/mol. The second-order valence-corrected chi connectivity index (χ2v) is 6.60. The Bertz CT molecular complexity index is 889. The Morgan fingerprint density at radius 1 is 0.963 bits per heavy atom. The molecule has 3 aromatic rings. The molecule has 136 valence electrons. The number of amides is 1. The Kier molecular flexibility index (Phi) is 5.01. The molecule has 1 amide bonds. The van der Waals surface area contributed by atoms with E-state index in [9.17, 15) is 4.79 Å². The zero-order valence-corrected chi connectivity index (χ0v) is 14.9. The molecule has 0 bridgehead atoms. The number of hydrogen-bond donors (Lipinski definition) is 2. The van der Waals surface area contributed by atoms with Crippen molar-refractivity contribution < 1.29 is 9.53 Å². The van der Waals surface area contributed by atoms with Crippen molar-refractivity contribution in [3.05, 3.63) is 84.2 Å². The van der Waals surface area contributed by atoms with Crippen molar-refractivity contribution in [1.82, 2.24) is 10.3 Å². The summed E-state index contributed by atoms with van der Waals surface area (Å²) in [5.41, 5.74) is 3.34. The molecule has 2 N–H and O–H groups in total. The van der Waals surface area contributed by atoms with E-state index in [1.807, 2.05) is 60.7 Å². The SMILES string of the molecule is O=C(NC1CC1)c1ccc(Nc2ccc(OCc3ccccc3)cc2)cn1. The summed E-state index contributed by atoms with van der Waals surface area (Å²) in [6, 6.07) is 21.8. The second kappa shape index (κ2) is 7.91. The van der Waals surface area contributed by atoms with Crippen LogP contribution in [0.4, 0.5) is 11.4 Å². The molecule has 5 heteroatoms. The largest absolute Gasteiger partial charge is 0.489 e. The standard InChI is InChI=1S/C22H21N3O2/c26-22(25-18-6-7-18)21-13-10-19(14-23-21)24-17-8-11-20(12-9-17)27-15-16-4-2-1-3-5-16/h1-5,8-14,18,24H,6-7,15H2,(H,25,26). The van der Waals surface area contributed by atoms with E-state index in [0.29, 0.717) is 18.3 Å². The minimum absolute atomic E-state index is 0.107. The summed E-state index contributed by atoms with van der Waals surface area (Å²) < 4.78 is 5.79. The molecule has 0 unspecified atom stereocenters. The van der Waals surface area contributed by atoms with Gasteiger partial charge in [-0.15, -0.1) is 0 Å². The van der Waals surface area contributed by atoms with E-state index in [-0.39, 0.29) is 5.91 Å². The topological polar surface area (TPSA) is 63.2 Å². The predicted molar refractivity (Wildman–Crippen MR) is 105 cm³/mol. The summed E-state index contributed by atoms with van der Waals surface area (Å²) in [6.07, 6.45) is 3.80. The van der Waals surface area contributed by atoms with Gasteiger partial charge in [-0.2, -0.15) is 0 Å². The molecule has 27 heavy (non-hydrogen) atoms. The van der Waals surface area contributed by atoms with Crippen molar-refractivity contribution in [3.8, 4) is 5.75 Å². The van der Waals surface area contributed by atoms with E-state index in [1.54, 1.807) is 12.3 Å². The lowest BCUT2D eigenvalue weighted by Gasteiger charge is -2.09. The van der Waals surface area contributed by atoms with Crippen LogP contribution < -0.4 is 15.4 Å². The first kappa shape index (κ1) is 17.1. The van der Waals surface area contributed by atoms with Crippen LogP contribution in [0.5, 0.6) is 5.75 Å². The van der Waals surface area contributed by atoms with Crippen molar-refractivity contribution in [2.45, 2.75) is 25.5 Å². The van der Waals surface area contributed by atoms with Crippen LogP contribution in [0.15, 0.2) is 72.9 Å². The Morgan fingerprint density at radius 2 is 1.70 bits per heavy atom. The number of aromatic nitrogens is 1. The van der Waals surface area contributed by atoms with Gasteiger partial charge < -0.3 is 15.4 Å². The molecule has 4 rings (SSSR count). The first-order valence-corrected chi connectivity index (χ1v) is 9.07. The zero-order chi connectivity index (χ0) is 18.5. The van der Waals surface area contributed by atoms with Crippen molar-refractivity contribution >= 4 is 17.3 Å². The molecular weight excluding hydrogens is 338 g/mol. The number of rotatable bonds is 7. The van der Waals surface area contributed by atoms with Crippen LogP contribution in [0, 0.1) is 0 Å². The van der Waals surface area contributed by atoms with Crippen molar-refractivity contribution in [2.24, 2.45) is 0 Å². The highest BCUT2D eigenvalue weighted by Gasteiger charge is 2.24. The maximum Gasteiger partial charge on any atom is 0.270 e. The highest BCUT2D eigenvalue weighted by molar-refractivity contribution is 5.92. The summed E-state index contributed by atoms with van der Waals surface area (Å²) in [6.45, 7) is 0.544. The molecule has 5 nitrogen and oxygen atoms in total. The van der Waals surface area contributed by atoms with E-state index >= 15 is 0 Å². The van der Waals surface area contributed by atoms with Crippen LogP contribution in [-0.4, -0.2) is 16.9 Å². The molecule has 1 saturated carbocycles. The predicted octanol–water partition coefficient (Wildman–Crippen LogP) is 4.30. The summed E-state index contributed by atoms with van der Waals surface area (Å²) in [7, 11) is 0. The van der Waals surface area contributed by atoms with Crippen molar-refractivity contribution in [1.29, 1.82) is 0 Å². The minimum Gasteiger partial charge on any atom is -0.489 e. The quantitative estimate of drug-likeness (QED) is 0.660. The molecule has 2 aromatic carbocycles. The summed E-state index contributed by atoms with van der Waals surface area (Å²) in [5, 5.41) is 6.21. The Morgan fingerprint density at radius 3 is 2.37 bits per heavy atom. The number of ether oxygens (including phenoxy) is 1. The number of pyridine rings is 1. The van der Waals surface area contributed by atoms with E-state index in [1.165, 1.54) is 0 Å². The molecule has 1 heterocycles. The maximum absolute atomic E-state index is 12.0. The molecule has 0 saturated heterocycles. The summed E-state index contributed by atoms with van der Waals surface area (Å²) >= 11 is 0. The molecule has 0 radical (unpaired) electrons. The van der Waals surface area contributed by atoms with Gasteiger partial charge >= 0.3 is 0 Å². The van der Waals surface area contributed by atoms with Gasteiger partial charge in [0.2, 0.25) is 0 Å². The maximum atomic E-state index is 12.0. The third-order valence-electron chi connectivity index (χ3n) is 4.30. The third-order valence-corrected chi connectivity index (χ3v) is 4.30. The number of nitrogens with zero attached hydrogens (tertiary/aromatic N) is 1. The van der Waals surface area contributed by atoms with E-state index in [0.717, 1.165) is 35.5 Å². The smallest absolute Gasteiger partial charge is 0.270 e. The number of benzene rings is 2. The highest BCUT2D eigenvalue weighted by Crippen LogP contribution is 2.21. The Hall–Kier alpha value is -3.34. The van der Waals surface area contributed by atoms with Gasteiger partial charge in [0.15, 0.2) is 0 Å². The van der Waals surface area contributed by atoms with Crippen LogP contribution in [0.3, 0.4) is 0 Å². The molecule has 1 aromatic heterocycles. The van der Waals surface area contributed by atoms with Gasteiger partial charge in [0.25, 0.3) is 5.91 Å². The van der Waals surface area contributed by atoms with Gasteiger partial charge in [0.05, 0.1) is 11.9 Å². The number of hydrogen-bond acceptors (Lipinski definition) is 4. The van der Waals surface area contributed by atoms with Crippen molar-refractivity contribution in [3.63, 3.8) is 0 Å². The summed E-state index contributed by atoms with van der Waals surface area (Å²) in [4.78, 5) is 16.2. The number of carbonyl (C=O) groups is 1. The van der Waals surface area contributed by atoms with Crippen LogP contribution in [0.2, 0.25) is 0 Å². The first-order valence-electron chi connectivity index (χ1n) is 9.07. The Labute approximate surface area is 158 Å². The van der Waals surface area contributed by atoms with E-state index < -0.39 is 0 Å². The lowest BCUT2D eigenvalue weighted by atomic mass is 10.2. The lowest BCUT2D eigenvalue weighted by molar-refractivity contribution is 0.0946. The van der Waals surface area contributed by atoms with Crippen molar-refractivity contribution in [2.75, 3.05) is 5.32 Å². The molecule has 0 atom stereocenters. The van der Waals surface area contributed by atoms with Gasteiger partial charge in [-0.3, -0.25) is 4.79 Å². The van der Waals surface area contributed by atoms with Gasteiger partial charge in [-0.25, -0.2) is 4.98 Å². The van der Waals surface area contributed by atoms with Crippen LogP contribution in [0.25, 0.3) is 0 Å². The van der Waals surface area contributed by atoms with Crippen LogP contribution >= 0.6 is 0 Å². The Balaban J connectivity index is 1.31. The second-order valence-electron chi connectivity index (χ2n) is 6.60. The highest BCUT2D eigenvalue weighted by atomic mass is 16.5. The number of nitrogens with one attached hydrogen (secondary N) is 2. The fourth-order valence-electron chi connectivity index (χ4n) is 2.63. The van der Waals surface area contributed by atoms with Crippen LogP contribution in [-0.2, 0) is 6.61 Å². The fraction of sp³-hybridized carbons (Fsp3) is 0.182. The monoisotopic (exact) mass is 359 g/mol. The first-order chi connectivity index (χ1) is 13.3. The molecule has 0 aliphatic heterocycles. The van der Waals surface area contributed by atoms with Gasteiger partial charge in [-0.1, -0.05) is 30.3 Å². The van der Waals surface area contributed by atoms with E-state index in [4.69, 9.17) is 4.74 Å². The van der Waals surface area contributed by atoms with Gasteiger partial charge in [-0.05, 0) is 54.8 Å². The zero-order valence-electron chi connectivity index (χ0n) is 14.9. The number of anilines is 2. The van der Waals surface area contributed by atoms with Gasteiger partial charge in [0.1, 0.15) is 18.1 Å². The average Bonchev–Trinajstić information content (AvgIpc) is 3.53. The molecule has 1 aliphatic carbocycles. The van der Waals surface area contributed by atoms with Gasteiger partial charge in [0, 0.05) is 11.7 Å². The number of carbonyl (C=O) groups excluding carboxylic acids is 1. The molecule has 0 spiro atoms. The summed E-state index contributed by atoms with van der Waals surface area (Å²) in [5.74, 6) is 0.707. The lowest BCUT2D eigenvalue weighted by Crippen LogP contribution is -2.26. The fourth-order valence-corrected chi connectivity index (χ4v) is 2.63. The normalized spacial score (nSPS) is 13.0.